The molecule has 1 aromatic carbocycles. The summed E-state index contributed by atoms with van der Waals surface area (Å²) in [7, 11) is 0. The zero-order valence-corrected chi connectivity index (χ0v) is 11.3. The number of nitrogens with one attached hydrogen (secondary N) is 1. The molecule has 2 aliphatic rings. The van der Waals surface area contributed by atoms with Gasteiger partial charge in [0.1, 0.15) is 0 Å². The van der Waals surface area contributed by atoms with Gasteiger partial charge in [-0.1, -0.05) is 30.3 Å². The van der Waals surface area contributed by atoms with Gasteiger partial charge in [0.2, 0.25) is 5.91 Å². The molecule has 1 atom stereocenters. The Labute approximate surface area is 115 Å². The van der Waals surface area contributed by atoms with Crippen LogP contribution in [0.2, 0.25) is 0 Å². The van der Waals surface area contributed by atoms with Crippen molar-refractivity contribution in [3.05, 3.63) is 35.9 Å². The molecule has 1 aliphatic heterocycles. The van der Waals surface area contributed by atoms with Gasteiger partial charge >= 0.3 is 0 Å². The topological polar surface area (TPSA) is 32.3 Å². The summed E-state index contributed by atoms with van der Waals surface area (Å²) < 4.78 is 0. The van der Waals surface area contributed by atoms with Crippen LogP contribution < -0.4 is 5.32 Å². The van der Waals surface area contributed by atoms with E-state index >= 15 is 0 Å². The molecule has 102 valence electrons. The first-order valence-corrected chi connectivity index (χ1v) is 7.40. The van der Waals surface area contributed by atoms with Crippen molar-refractivity contribution >= 4 is 5.91 Å². The lowest BCUT2D eigenvalue weighted by Crippen LogP contribution is -2.43. The predicted molar refractivity (Wildman–Crippen MR) is 75.6 cm³/mol. The zero-order chi connectivity index (χ0) is 13.1. The molecule has 2 fully saturated rings. The Morgan fingerprint density at radius 1 is 1.21 bits per heavy atom. The second kappa shape index (κ2) is 5.74. The normalized spacial score (nSPS) is 23.1. The van der Waals surface area contributed by atoms with Gasteiger partial charge in [-0.2, -0.15) is 0 Å². The van der Waals surface area contributed by atoms with Crippen molar-refractivity contribution < 1.29 is 4.79 Å². The van der Waals surface area contributed by atoms with Crippen LogP contribution in [-0.2, 0) is 11.3 Å². The monoisotopic (exact) mass is 258 g/mol. The highest BCUT2D eigenvalue weighted by molar-refractivity contribution is 5.79. The van der Waals surface area contributed by atoms with E-state index in [1.807, 2.05) is 18.2 Å². The standard InChI is InChI=1S/C16H22N2O/c19-16(14-7-4-10-17-11-14)18(15-8-9-15)12-13-5-2-1-3-6-13/h1-3,5-6,14-15,17H,4,7-12H2. The van der Waals surface area contributed by atoms with Crippen molar-refractivity contribution in [3.8, 4) is 0 Å². The summed E-state index contributed by atoms with van der Waals surface area (Å²) in [4.78, 5) is 14.8. The van der Waals surface area contributed by atoms with E-state index in [1.165, 1.54) is 18.4 Å². The number of carbonyl (C=O) groups excluding carboxylic acids is 1. The maximum absolute atomic E-state index is 12.7. The molecule has 1 saturated carbocycles. The third kappa shape index (κ3) is 3.16. The lowest BCUT2D eigenvalue weighted by molar-refractivity contribution is -0.137. The minimum Gasteiger partial charge on any atom is -0.335 e. The predicted octanol–water partition coefficient (Wildman–Crippen LogP) is 2.18. The average Bonchev–Trinajstić information content (AvgIpc) is 3.31. The number of hydrogen-bond acceptors (Lipinski definition) is 2. The first-order valence-electron chi connectivity index (χ1n) is 7.40. The van der Waals surface area contributed by atoms with Gasteiger partial charge in [0, 0.05) is 19.1 Å². The van der Waals surface area contributed by atoms with Crippen LogP contribution in [0.1, 0.15) is 31.2 Å². The Morgan fingerprint density at radius 2 is 2.00 bits per heavy atom. The molecule has 1 aromatic rings. The fraction of sp³-hybridized carbons (Fsp3) is 0.562. The number of carbonyl (C=O) groups is 1. The molecule has 0 aromatic heterocycles. The van der Waals surface area contributed by atoms with Crippen LogP contribution in [0.25, 0.3) is 0 Å². The van der Waals surface area contributed by atoms with Crippen molar-refractivity contribution in [2.75, 3.05) is 13.1 Å². The van der Waals surface area contributed by atoms with E-state index in [9.17, 15) is 4.79 Å². The maximum atomic E-state index is 12.7. The molecule has 1 aliphatic carbocycles. The maximum Gasteiger partial charge on any atom is 0.227 e. The molecule has 19 heavy (non-hydrogen) atoms. The third-order valence-electron chi connectivity index (χ3n) is 4.11. The average molecular weight is 258 g/mol. The summed E-state index contributed by atoms with van der Waals surface area (Å²) >= 11 is 0. The van der Waals surface area contributed by atoms with Crippen LogP contribution in [-0.4, -0.2) is 29.9 Å². The summed E-state index contributed by atoms with van der Waals surface area (Å²) in [6, 6.07) is 10.8. The Morgan fingerprint density at radius 3 is 2.63 bits per heavy atom. The Bertz CT molecular complexity index is 422. The molecule has 1 saturated heterocycles. The van der Waals surface area contributed by atoms with Crippen molar-refractivity contribution in [3.63, 3.8) is 0 Å². The number of nitrogens with zero attached hydrogens (tertiary/aromatic N) is 1. The largest absolute Gasteiger partial charge is 0.335 e. The summed E-state index contributed by atoms with van der Waals surface area (Å²) in [5.41, 5.74) is 1.24. The fourth-order valence-corrected chi connectivity index (χ4v) is 2.85. The van der Waals surface area contributed by atoms with Crippen molar-refractivity contribution in [2.24, 2.45) is 5.92 Å². The van der Waals surface area contributed by atoms with Crippen LogP contribution in [0.15, 0.2) is 30.3 Å². The lowest BCUT2D eigenvalue weighted by atomic mass is 9.97. The Kier molecular flexibility index (Phi) is 3.83. The summed E-state index contributed by atoms with van der Waals surface area (Å²) in [5.74, 6) is 0.552. The van der Waals surface area contributed by atoms with Gasteiger partial charge < -0.3 is 10.2 Å². The third-order valence-corrected chi connectivity index (χ3v) is 4.11. The molecule has 1 unspecified atom stereocenters. The van der Waals surface area contributed by atoms with Gasteiger partial charge in [0.15, 0.2) is 0 Å². The smallest absolute Gasteiger partial charge is 0.227 e. The quantitative estimate of drug-likeness (QED) is 0.897. The van der Waals surface area contributed by atoms with Crippen molar-refractivity contribution in [2.45, 2.75) is 38.3 Å². The zero-order valence-electron chi connectivity index (χ0n) is 11.3. The van der Waals surface area contributed by atoms with Crippen molar-refractivity contribution in [1.82, 2.24) is 10.2 Å². The van der Waals surface area contributed by atoms with E-state index in [0.29, 0.717) is 11.9 Å². The molecule has 3 heteroatoms. The lowest BCUT2D eigenvalue weighted by Gasteiger charge is -2.30. The van der Waals surface area contributed by atoms with Crippen LogP contribution in [0.3, 0.4) is 0 Å². The number of piperidine rings is 1. The van der Waals surface area contributed by atoms with E-state index < -0.39 is 0 Å². The summed E-state index contributed by atoms with van der Waals surface area (Å²) in [5, 5.41) is 3.35. The molecule has 1 heterocycles. The van der Waals surface area contributed by atoms with E-state index in [-0.39, 0.29) is 5.92 Å². The molecular formula is C16H22N2O. The molecule has 0 bridgehead atoms. The van der Waals surface area contributed by atoms with Crippen LogP contribution in [0.5, 0.6) is 0 Å². The molecule has 3 rings (SSSR count). The van der Waals surface area contributed by atoms with Gasteiger partial charge in [0.25, 0.3) is 0 Å². The SMILES string of the molecule is O=C(C1CCCNC1)N(Cc1ccccc1)C1CC1. The second-order valence-corrected chi connectivity index (χ2v) is 5.73. The molecule has 3 nitrogen and oxygen atoms in total. The summed E-state index contributed by atoms with van der Waals surface area (Å²) in [6.45, 7) is 2.70. The van der Waals surface area contributed by atoms with Crippen LogP contribution in [0.4, 0.5) is 0 Å². The minimum absolute atomic E-state index is 0.193. The first-order chi connectivity index (χ1) is 9.34. The first kappa shape index (κ1) is 12.7. The van der Waals surface area contributed by atoms with Crippen molar-refractivity contribution in [1.29, 1.82) is 0 Å². The molecular weight excluding hydrogens is 236 g/mol. The molecule has 1 amide bonds. The van der Waals surface area contributed by atoms with E-state index in [0.717, 1.165) is 32.5 Å². The van der Waals surface area contributed by atoms with E-state index in [1.54, 1.807) is 0 Å². The Hall–Kier alpha value is -1.35. The number of rotatable bonds is 4. The van der Waals surface area contributed by atoms with Crippen LogP contribution >= 0.6 is 0 Å². The van der Waals surface area contributed by atoms with Gasteiger partial charge in [0.05, 0.1) is 5.92 Å². The van der Waals surface area contributed by atoms with Crippen LogP contribution in [0, 0.1) is 5.92 Å². The highest BCUT2D eigenvalue weighted by atomic mass is 16.2. The molecule has 1 N–H and O–H groups in total. The minimum atomic E-state index is 0.193. The molecule has 0 radical (unpaired) electrons. The molecule has 0 spiro atoms. The second-order valence-electron chi connectivity index (χ2n) is 5.73. The summed E-state index contributed by atoms with van der Waals surface area (Å²) in [6.07, 6.45) is 4.53. The van der Waals surface area contributed by atoms with Gasteiger partial charge in [-0.25, -0.2) is 0 Å². The number of hydrogen-bond donors (Lipinski definition) is 1. The fourth-order valence-electron chi connectivity index (χ4n) is 2.85. The number of benzene rings is 1. The van der Waals surface area contributed by atoms with E-state index in [4.69, 9.17) is 0 Å². The van der Waals surface area contributed by atoms with Gasteiger partial charge in [-0.15, -0.1) is 0 Å². The highest BCUT2D eigenvalue weighted by Gasteiger charge is 2.35. The van der Waals surface area contributed by atoms with E-state index in [2.05, 4.69) is 22.3 Å². The Balaban J connectivity index is 1.68. The van der Waals surface area contributed by atoms with Gasteiger partial charge in [-0.05, 0) is 37.8 Å². The van der Waals surface area contributed by atoms with Gasteiger partial charge in [-0.3, -0.25) is 4.79 Å². The number of amides is 1. The highest BCUT2D eigenvalue weighted by Crippen LogP contribution is 2.30.